The van der Waals surface area contributed by atoms with Crippen LogP contribution in [0.3, 0.4) is 0 Å². The van der Waals surface area contributed by atoms with Crippen LogP contribution in [0.2, 0.25) is 0 Å². The van der Waals surface area contributed by atoms with E-state index in [0.717, 1.165) is 19.4 Å². The maximum Gasteiger partial charge on any atom is 0.254 e. The van der Waals surface area contributed by atoms with Gasteiger partial charge in [-0.15, -0.1) is 0 Å². The molecule has 1 atom stereocenters. The van der Waals surface area contributed by atoms with Crippen molar-refractivity contribution in [1.29, 1.82) is 0 Å². The predicted octanol–water partition coefficient (Wildman–Crippen LogP) is 0.922. The van der Waals surface area contributed by atoms with Gasteiger partial charge in [-0.1, -0.05) is 13.0 Å². The largest absolute Gasteiger partial charge is 0.375 e. The van der Waals surface area contributed by atoms with Crippen molar-refractivity contribution in [2.45, 2.75) is 30.8 Å². The van der Waals surface area contributed by atoms with Gasteiger partial charge in [0, 0.05) is 38.3 Å². The Morgan fingerprint density at radius 1 is 1.27 bits per heavy atom. The number of morpholine rings is 1. The Morgan fingerprint density at radius 3 is 2.92 bits per heavy atom. The van der Waals surface area contributed by atoms with Crippen LogP contribution in [0.25, 0.3) is 0 Å². The van der Waals surface area contributed by atoms with Gasteiger partial charge in [-0.05, 0) is 37.6 Å². The van der Waals surface area contributed by atoms with Gasteiger partial charge < -0.3 is 15.0 Å². The Bertz CT molecular complexity index is 730. The summed E-state index contributed by atoms with van der Waals surface area (Å²) < 4.78 is 33.0. The van der Waals surface area contributed by atoms with Crippen molar-refractivity contribution < 1.29 is 17.9 Å². The van der Waals surface area contributed by atoms with Crippen molar-refractivity contribution in [2.75, 3.05) is 45.9 Å². The van der Waals surface area contributed by atoms with Gasteiger partial charge in [-0.2, -0.15) is 4.31 Å². The highest BCUT2D eigenvalue weighted by Gasteiger charge is 2.28. The number of carbonyl (C=O) groups excluding carboxylic acids is 1. The first kappa shape index (κ1) is 19.3. The summed E-state index contributed by atoms with van der Waals surface area (Å²) in [6, 6.07) is 6.40. The molecule has 26 heavy (non-hydrogen) atoms. The molecule has 2 aliphatic rings. The van der Waals surface area contributed by atoms with Crippen LogP contribution in [0.1, 0.15) is 30.1 Å². The predicted molar refractivity (Wildman–Crippen MR) is 98.6 cm³/mol. The SMILES string of the molecule is CC[C@@H]1CN(C(=O)c2cccc(S(=O)(=O)N3CCCNCC3)c2)CCO1. The number of nitrogens with one attached hydrogen (secondary N) is 1. The summed E-state index contributed by atoms with van der Waals surface area (Å²) in [5.74, 6) is -0.138. The van der Waals surface area contributed by atoms with Crippen LogP contribution in [0.15, 0.2) is 29.2 Å². The minimum absolute atomic E-state index is 0.0456. The van der Waals surface area contributed by atoms with Crippen molar-refractivity contribution in [1.82, 2.24) is 14.5 Å². The van der Waals surface area contributed by atoms with Crippen LogP contribution < -0.4 is 5.32 Å². The second-order valence-electron chi connectivity index (χ2n) is 6.69. The highest BCUT2D eigenvalue weighted by Crippen LogP contribution is 2.20. The quantitative estimate of drug-likeness (QED) is 0.839. The lowest BCUT2D eigenvalue weighted by molar-refractivity contribution is -0.0226. The number of rotatable bonds is 4. The molecule has 0 aliphatic carbocycles. The molecule has 0 bridgehead atoms. The summed E-state index contributed by atoms with van der Waals surface area (Å²) in [5.41, 5.74) is 0.413. The summed E-state index contributed by atoms with van der Waals surface area (Å²) in [6.45, 7) is 6.03. The third kappa shape index (κ3) is 4.25. The second kappa shape index (κ2) is 8.47. The minimum Gasteiger partial charge on any atom is -0.375 e. The number of nitrogens with zero attached hydrogens (tertiary/aromatic N) is 2. The zero-order chi connectivity index (χ0) is 18.6. The average Bonchev–Trinajstić information content (AvgIpc) is 2.97. The van der Waals surface area contributed by atoms with E-state index in [1.807, 2.05) is 6.92 Å². The van der Waals surface area contributed by atoms with Crippen molar-refractivity contribution >= 4 is 15.9 Å². The van der Waals surface area contributed by atoms with Crippen LogP contribution in [-0.2, 0) is 14.8 Å². The van der Waals surface area contributed by atoms with E-state index in [-0.39, 0.29) is 16.9 Å². The van der Waals surface area contributed by atoms with Crippen molar-refractivity contribution in [3.8, 4) is 0 Å². The van der Waals surface area contributed by atoms with Gasteiger partial charge in [-0.3, -0.25) is 4.79 Å². The molecule has 7 nitrogen and oxygen atoms in total. The van der Waals surface area contributed by atoms with Crippen LogP contribution >= 0.6 is 0 Å². The zero-order valence-electron chi connectivity index (χ0n) is 15.2. The number of carbonyl (C=O) groups is 1. The summed E-state index contributed by atoms with van der Waals surface area (Å²) >= 11 is 0. The van der Waals surface area contributed by atoms with E-state index in [0.29, 0.717) is 44.9 Å². The van der Waals surface area contributed by atoms with Gasteiger partial charge >= 0.3 is 0 Å². The fourth-order valence-corrected chi connectivity index (χ4v) is 4.86. The number of sulfonamides is 1. The maximum absolute atomic E-state index is 12.9. The van der Waals surface area contributed by atoms with E-state index in [1.165, 1.54) is 10.4 Å². The Labute approximate surface area is 155 Å². The van der Waals surface area contributed by atoms with Crippen molar-refractivity contribution in [3.05, 3.63) is 29.8 Å². The molecule has 2 fully saturated rings. The number of benzene rings is 1. The smallest absolute Gasteiger partial charge is 0.254 e. The van der Waals surface area contributed by atoms with Gasteiger partial charge in [0.1, 0.15) is 0 Å². The molecule has 1 aromatic rings. The standard InChI is InChI=1S/C18H27N3O4S/c1-2-16-14-20(11-12-25-16)18(22)15-5-3-6-17(13-15)26(23,24)21-9-4-7-19-8-10-21/h3,5-6,13,16,19H,2,4,7-12,14H2,1H3/t16-/m1/s1. The highest BCUT2D eigenvalue weighted by molar-refractivity contribution is 7.89. The fraction of sp³-hybridized carbons (Fsp3) is 0.611. The second-order valence-corrected chi connectivity index (χ2v) is 8.63. The lowest BCUT2D eigenvalue weighted by Gasteiger charge is -2.32. The van der Waals surface area contributed by atoms with E-state index in [2.05, 4.69) is 5.32 Å². The third-order valence-electron chi connectivity index (χ3n) is 4.90. The molecule has 1 N–H and O–H groups in total. The van der Waals surface area contributed by atoms with Gasteiger partial charge in [0.05, 0.1) is 17.6 Å². The fourth-order valence-electron chi connectivity index (χ4n) is 3.33. The molecule has 0 aromatic heterocycles. The van der Waals surface area contributed by atoms with Gasteiger partial charge in [-0.25, -0.2) is 8.42 Å². The Hall–Kier alpha value is -1.48. The molecule has 0 saturated carbocycles. The Morgan fingerprint density at radius 2 is 2.12 bits per heavy atom. The summed E-state index contributed by atoms with van der Waals surface area (Å²) in [4.78, 5) is 14.8. The average molecular weight is 381 g/mol. The maximum atomic E-state index is 12.9. The van der Waals surface area contributed by atoms with Gasteiger partial charge in [0.15, 0.2) is 0 Å². The minimum atomic E-state index is -3.59. The monoisotopic (exact) mass is 381 g/mol. The summed E-state index contributed by atoms with van der Waals surface area (Å²) in [5, 5.41) is 3.20. The molecule has 3 rings (SSSR count). The molecule has 1 aromatic carbocycles. The van der Waals surface area contributed by atoms with E-state index < -0.39 is 10.0 Å². The first-order chi connectivity index (χ1) is 12.5. The van der Waals surface area contributed by atoms with Crippen LogP contribution in [0.5, 0.6) is 0 Å². The number of amides is 1. The Kier molecular flexibility index (Phi) is 6.29. The molecule has 0 unspecified atom stereocenters. The van der Waals surface area contributed by atoms with Crippen LogP contribution in [0, 0.1) is 0 Å². The first-order valence-corrected chi connectivity index (χ1v) is 10.7. The van der Waals surface area contributed by atoms with E-state index in [9.17, 15) is 13.2 Å². The first-order valence-electron chi connectivity index (χ1n) is 9.24. The van der Waals surface area contributed by atoms with E-state index in [4.69, 9.17) is 4.74 Å². The topological polar surface area (TPSA) is 79.0 Å². The number of ether oxygens (including phenoxy) is 1. The molecule has 0 radical (unpaired) electrons. The van der Waals surface area contributed by atoms with Gasteiger partial charge in [0.25, 0.3) is 5.91 Å². The van der Waals surface area contributed by atoms with Crippen LogP contribution in [-0.4, -0.2) is 75.5 Å². The highest BCUT2D eigenvalue weighted by atomic mass is 32.2. The molecule has 144 valence electrons. The van der Waals surface area contributed by atoms with Crippen LogP contribution in [0.4, 0.5) is 0 Å². The molecule has 1 amide bonds. The lowest BCUT2D eigenvalue weighted by atomic mass is 10.1. The van der Waals surface area contributed by atoms with Crippen molar-refractivity contribution in [3.63, 3.8) is 0 Å². The Balaban J connectivity index is 1.80. The molecule has 8 heteroatoms. The summed E-state index contributed by atoms with van der Waals surface area (Å²) in [7, 11) is -3.59. The third-order valence-corrected chi connectivity index (χ3v) is 6.79. The van der Waals surface area contributed by atoms with Crippen molar-refractivity contribution in [2.24, 2.45) is 0 Å². The lowest BCUT2D eigenvalue weighted by Crippen LogP contribution is -2.45. The number of hydrogen-bond donors (Lipinski definition) is 1. The molecule has 2 saturated heterocycles. The normalized spacial score (nSPS) is 22.8. The molecular weight excluding hydrogens is 354 g/mol. The molecule has 2 heterocycles. The van der Waals surface area contributed by atoms with E-state index >= 15 is 0 Å². The molecular formula is C18H27N3O4S. The molecule has 0 spiro atoms. The van der Waals surface area contributed by atoms with E-state index in [1.54, 1.807) is 23.1 Å². The summed E-state index contributed by atoms with van der Waals surface area (Å²) in [6.07, 6.45) is 1.68. The van der Waals surface area contributed by atoms with Gasteiger partial charge in [0.2, 0.25) is 10.0 Å². The zero-order valence-corrected chi connectivity index (χ0v) is 16.0. The number of hydrogen-bond acceptors (Lipinski definition) is 5. The molecule has 2 aliphatic heterocycles.